The molecule has 2 N–H and O–H groups in total. The van der Waals surface area contributed by atoms with Crippen LogP contribution in [-0.2, 0) is 21.9 Å². The van der Waals surface area contributed by atoms with Gasteiger partial charge in [0.25, 0.3) is 0 Å². The second-order valence-electron chi connectivity index (χ2n) is 5.66. The molecule has 0 radical (unpaired) electrons. The maximum atomic E-state index is 12.7. The van der Waals surface area contributed by atoms with Crippen molar-refractivity contribution >= 4 is 46.4 Å². The first-order valence-corrected chi connectivity index (χ1v) is 8.36. The van der Waals surface area contributed by atoms with Gasteiger partial charge in [0, 0.05) is 0 Å². The Bertz CT molecular complexity index is 869. The molecule has 0 aliphatic heterocycles. The summed E-state index contributed by atoms with van der Waals surface area (Å²) in [6, 6.07) is 4.43. The minimum Gasteiger partial charge on any atom is -0.324 e. The molecule has 0 saturated carbocycles. The molecule has 12 heteroatoms. The zero-order valence-electron chi connectivity index (χ0n) is 14.0. The Kier molecular flexibility index (Phi) is 6.69. The molecule has 2 aromatic rings. The molecule has 0 saturated heterocycles. The summed E-state index contributed by atoms with van der Waals surface area (Å²) >= 11 is 11.5. The SMILES string of the molecule is O=C(CC(=O)Nc1cc(C(F)(F)F)ccc1Cl)Nc1cc(C(F)(F)F)ccc1Cl. The second kappa shape index (κ2) is 8.50. The van der Waals surface area contributed by atoms with Gasteiger partial charge in [0.05, 0.1) is 32.5 Å². The molecule has 29 heavy (non-hydrogen) atoms. The Balaban J connectivity index is 2.08. The normalized spacial score (nSPS) is 11.9. The Morgan fingerprint density at radius 3 is 1.38 bits per heavy atom. The van der Waals surface area contributed by atoms with Crippen LogP contribution in [0.2, 0.25) is 10.0 Å². The van der Waals surface area contributed by atoms with Gasteiger partial charge in [0.15, 0.2) is 0 Å². The summed E-state index contributed by atoms with van der Waals surface area (Å²) in [5.41, 5.74) is -2.90. The molecule has 0 spiro atoms. The molecule has 0 heterocycles. The minimum absolute atomic E-state index is 0.201. The van der Waals surface area contributed by atoms with E-state index in [1.807, 2.05) is 10.6 Å². The topological polar surface area (TPSA) is 58.2 Å². The van der Waals surface area contributed by atoms with Crippen LogP contribution in [0.4, 0.5) is 37.7 Å². The van der Waals surface area contributed by atoms with E-state index in [0.29, 0.717) is 24.3 Å². The maximum absolute atomic E-state index is 12.7. The summed E-state index contributed by atoms with van der Waals surface area (Å²) in [7, 11) is 0. The molecule has 0 aliphatic rings. The molecular formula is C17H10Cl2F6N2O2. The lowest BCUT2D eigenvalue weighted by Gasteiger charge is -2.13. The fourth-order valence-electron chi connectivity index (χ4n) is 2.13. The van der Waals surface area contributed by atoms with Gasteiger partial charge in [-0.25, -0.2) is 0 Å². The summed E-state index contributed by atoms with van der Waals surface area (Å²) < 4.78 is 76.4. The molecule has 0 aromatic heterocycles. The van der Waals surface area contributed by atoms with Gasteiger partial charge in [-0.15, -0.1) is 0 Å². The van der Waals surface area contributed by atoms with E-state index in [-0.39, 0.29) is 21.4 Å². The standard InChI is InChI=1S/C17H10Cl2F6N2O2/c18-10-3-1-8(16(20,21)22)5-12(10)26-14(28)7-15(29)27-13-6-9(17(23,24)25)2-4-11(13)19/h1-6H,7H2,(H,26,28)(H,27,29). The van der Waals surface area contributed by atoms with Crippen molar-refractivity contribution in [1.29, 1.82) is 0 Å². The molecular weight excluding hydrogens is 449 g/mol. The average Bonchev–Trinajstić information content (AvgIpc) is 2.56. The lowest BCUT2D eigenvalue weighted by atomic mass is 10.2. The number of benzene rings is 2. The van der Waals surface area contributed by atoms with Gasteiger partial charge in [-0.2, -0.15) is 26.3 Å². The fraction of sp³-hybridized carbons (Fsp3) is 0.176. The third kappa shape index (κ3) is 6.26. The number of halogens is 8. The van der Waals surface area contributed by atoms with Crippen molar-refractivity contribution in [3.05, 3.63) is 57.6 Å². The van der Waals surface area contributed by atoms with E-state index in [1.54, 1.807) is 0 Å². The molecule has 0 unspecified atom stereocenters. The van der Waals surface area contributed by atoms with Crippen LogP contribution in [0.3, 0.4) is 0 Å². The van der Waals surface area contributed by atoms with Crippen LogP contribution in [0.5, 0.6) is 0 Å². The number of hydrogen-bond acceptors (Lipinski definition) is 2. The van der Waals surface area contributed by atoms with Crippen molar-refractivity contribution in [2.45, 2.75) is 18.8 Å². The number of carbonyl (C=O) groups is 2. The van der Waals surface area contributed by atoms with Gasteiger partial charge in [0.2, 0.25) is 11.8 Å². The predicted octanol–water partition coefficient (Wildman–Crippen LogP) is 6.00. The number of anilines is 2. The quantitative estimate of drug-likeness (QED) is 0.436. The first-order chi connectivity index (χ1) is 13.3. The van der Waals surface area contributed by atoms with Crippen molar-refractivity contribution < 1.29 is 35.9 Å². The van der Waals surface area contributed by atoms with Gasteiger partial charge in [0.1, 0.15) is 6.42 Å². The Hall–Kier alpha value is -2.46. The molecule has 2 amide bonds. The number of nitrogens with one attached hydrogen (secondary N) is 2. The van der Waals surface area contributed by atoms with Crippen LogP contribution in [-0.4, -0.2) is 11.8 Å². The number of carbonyl (C=O) groups excluding carboxylic acids is 2. The molecule has 2 rings (SSSR count). The van der Waals surface area contributed by atoms with Gasteiger partial charge < -0.3 is 10.6 Å². The second-order valence-corrected chi connectivity index (χ2v) is 6.47. The molecule has 156 valence electrons. The number of rotatable bonds is 4. The van der Waals surface area contributed by atoms with E-state index in [1.165, 1.54) is 0 Å². The van der Waals surface area contributed by atoms with E-state index >= 15 is 0 Å². The monoisotopic (exact) mass is 458 g/mol. The van der Waals surface area contributed by atoms with E-state index in [9.17, 15) is 35.9 Å². The van der Waals surface area contributed by atoms with E-state index in [2.05, 4.69) is 0 Å². The fourth-order valence-corrected chi connectivity index (χ4v) is 2.46. The van der Waals surface area contributed by atoms with Gasteiger partial charge in [-0.3, -0.25) is 9.59 Å². The predicted molar refractivity (Wildman–Crippen MR) is 94.8 cm³/mol. The Labute approximate surface area is 169 Å². The van der Waals surface area contributed by atoms with Crippen molar-refractivity contribution in [1.82, 2.24) is 0 Å². The van der Waals surface area contributed by atoms with Crippen molar-refractivity contribution in [2.75, 3.05) is 10.6 Å². The van der Waals surface area contributed by atoms with Crippen LogP contribution in [0.1, 0.15) is 17.5 Å². The molecule has 4 nitrogen and oxygen atoms in total. The summed E-state index contributed by atoms with van der Waals surface area (Å²) in [6.07, 6.45) is -10.3. The lowest BCUT2D eigenvalue weighted by molar-refractivity contribution is -0.138. The first kappa shape index (κ1) is 22.8. The third-order valence-electron chi connectivity index (χ3n) is 3.46. The largest absolute Gasteiger partial charge is 0.416 e. The summed E-state index contributed by atoms with van der Waals surface area (Å²) in [5, 5.41) is 3.69. The molecule has 0 fully saturated rings. The smallest absolute Gasteiger partial charge is 0.324 e. The molecule has 2 aromatic carbocycles. The highest BCUT2D eigenvalue weighted by atomic mass is 35.5. The van der Waals surface area contributed by atoms with Crippen molar-refractivity contribution in [3.63, 3.8) is 0 Å². The summed E-state index contributed by atoms with van der Waals surface area (Å²) in [5.74, 6) is -2.07. The highest BCUT2D eigenvalue weighted by Crippen LogP contribution is 2.35. The third-order valence-corrected chi connectivity index (χ3v) is 4.12. The summed E-state index contributed by atoms with van der Waals surface area (Å²) in [6.45, 7) is 0. The zero-order valence-corrected chi connectivity index (χ0v) is 15.5. The lowest BCUT2D eigenvalue weighted by Crippen LogP contribution is -2.22. The van der Waals surface area contributed by atoms with Crippen molar-refractivity contribution in [2.24, 2.45) is 0 Å². The average molecular weight is 459 g/mol. The number of hydrogen-bond donors (Lipinski definition) is 2. The minimum atomic E-state index is -4.68. The van der Waals surface area contributed by atoms with Gasteiger partial charge in [-0.05, 0) is 36.4 Å². The van der Waals surface area contributed by atoms with Crippen LogP contribution in [0.25, 0.3) is 0 Å². The van der Waals surface area contributed by atoms with Crippen molar-refractivity contribution in [3.8, 4) is 0 Å². The van der Waals surface area contributed by atoms with Gasteiger partial charge in [-0.1, -0.05) is 23.2 Å². The van der Waals surface area contributed by atoms with Crippen LogP contribution in [0.15, 0.2) is 36.4 Å². The number of alkyl halides is 6. The first-order valence-electron chi connectivity index (χ1n) is 7.60. The highest BCUT2D eigenvalue weighted by molar-refractivity contribution is 6.34. The Morgan fingerprint density at radius 1 is 0.724 bits per heavy atom. The van der Waals surface area contributed by atoms with Crippen LogP contribution >= 0.6 is 23.2 Å². The number of amides is 2. The highest BCUT2D eigenvalue weighted by Gasteiger charge is 2.32. The summed E-state index contributed by atoms with van der Waals surface area (Å²) in [4.78, 5) is 23.8. The van der Waals surface area contributed by atoms with Crippen LogP contribution < -0.4 is 10.6 Å². The van der Waals surface area contributed by atoms with E-state index in [0.717, 1.165) is 12.1 Å². The molecule has 0 atom stereocenters. The Morgan fingerprint density at radius 2 is 1.07 bits per heavy atom. The molecule has 0 aliphatic carbocycles. The zero-order chi connectivity index (χ0) is 22.0. The molecule has 0 bridgehead atoms. The van der Waals surface area contributed by atoms with Crippen LogP contribution in [0, 0.1) is 0 Å². The maximum Gasteiger partial charge on any atom is 0.416 e. The van der Waals surface area contributed by atoms with Gasteiger partial charge >= 0.3 is 12.4 Å². The van der Waals surface area contributed by atoms with E-state index in [4.69, 9.17) is 23.2 Å². The van der Waals surface area contributed by atoms with E-state index < -0.39 is 41.7 Å².